The van der Waals surface area contributed by atoms with E-state index in [0.29, 0.717) is 29.9 Å². The normalized spacial score (nSPS) is 17.8. The third kappa shape index (κ3) is 9.11. The Labute approximate surface area is 186 Å². The highest BCUT2D eigenvalue weighted by Gasteiger charge is 2.32. The number of esters is 2. The first-order chi connectivity index (χ1) is 14.7. The zero-order valence-electron chi connectivity index (χ0n) is 19.7. The molecule has 2 atom stereocenters. The van der Waals surface area contributed by atoms with E-state index in [2.05, 4.69) is 20.8 Å². The predicted octanol–water partition coefficient (Wildman–Crippen LogP) is 6.04. The van der Waals surface area contributed by atoms with Crippen molar-refractivity contribution >= 4 is 17.9 Å². The van der Waals surface area contributed by atoms with Crippen LogP contribution in [0.5, 0.6) is 11.5 Å². The van der Waals surface area contributed by atoms with Crippen LogP contribution in [0.3, 0.4) is 0 Å². The van der Waals surface area contributed by atoms with Gasteiger partial charge in [0.2, 0.25) is 0 Å². The van der Waals surface area contributed by atoms with Crippen LogP contribution in [0.15, 0.2) is 12.1 Å². The molecule has 1 N–H and O–H groups in total. The molecule has 31 heavy (non-hydrogen) atoms. The predicted molar refractivity (Wildman–Crippen MR) is 121 cm³/mol. The summed E-state index contributed by atoms with van der Waals surface area (Å²) in [5.74, 6) is -1.54. The lowest BCUT2D eigenvalue weighted by molar-refractivity contribution is -0.143. The number of carboxylic acid groups (broad SMARTS) is 1. The average molecular weight is 435 g/mol. The molecular weight excluding hydrogens is 396 g/mol. The maximum atomic E-state index is 11.7. The molecule has 0 aromatic heterocycles. The molecule has 1 aromatic carbocycles. The molecule has 0 amide bonds. The van der Waals surface area contributed by atoms with E-state index >= 15 is 0 Å². The fourth-order valence-electron chi connectivity index (χ4n) is 3.94. The van der Waals surface area contributed by atoms with E-state index in [1.54, 1.807) is 0 Å². The Morgan fingerprint density at radius 3 is 1.97 bits per heavy atom. The monoisotopic (exact) mass is 434 g/mol. The Morgan fingerprint density at radius 1 is 0.968 bits per heavy atom. The fraction of sp³-hybridized carbons (Fsp3) is 0.640. The van der Waals surface area contributed by atoms with Gasteiger partial charge in [-0.1, -0.05) is 46.5 Å². The van der Waals surface area contributed by atoms with Crippen molar-refractivity contribution in [2.24, 2.45) is 5.92 Å². The molecule has 1 saturated carbocycles. The van der Waals surface area contributed by atoms with Crippen LogP contribution in [0.25, 0.3) is 0 Å². The molecule has 0 aliphatic heterocycles. The molecule has 0 radical (unpaired) electrons. The highest BCUT2D eigenvalue weighted by Crippen LogP contribution is 2.45. The standard InChI is InChI=1S/C22H30O6.C3H8/c1-4-5-6-8-16-11-19(27-14(2)23)21(20(12-16)28-15(3)24)17-9-7-10-18(13-17)22(25)26;1-3-2/h11-12,17-18H,4-10,13H2,1-3H3,(H,25,26);3H2,1-2H3/t17-,18?;/m0./s1. The van der Waals surface area contributed by atoms with Gasteiger partial charge in [0, 0.05) is 19.4 Å². The van der Waals surface area contributed by atoms with Crippen LogP contribution in [-0.4, -0.2) is 23.0 Å². The molecule has 1 fully saturated rings. The van der Waals surface area contributed by atoms with Crippen molar-refractivity contribution in [1.82, 2.24) is 0 Å². The lowest BCUT2D eigenvalue weighted by atomic mass is 9.77. The fourth-order valence-corrected chi connectivity index (χ4v) is 3.94. The molecule has 0 heterocycles. The summed E-state index contributed by atoms with van der Waals surface area (Å²) >= 11 is 0. The molecule has 6 heteroatoms. The molecule has 0 spiro atoms. The largest absolute Gasteiger partial charge is 0.481 e. The summed E-state index contributed by atoms with van der Waals surface area (Å²) in [7, 11) is 0. The zero-order chi connectivity index (χ0) is 23.4. The number of benzene rings is 1. The van der Waals surface area contributed by atoms with Crippen molar-refractivity contribution in [2.75, 3.05) is 0 Å². The average Bonchev–Trinajstić information content (AvgIpc) is 2.68. The molecule has 2 rings (SSSR count). The number of aryl methyl sites for hydroxylation is 1. The quantitative estimate of drug-likeness (QED) is 0.304. The number of carboxylic acids is 1. The molecule has 0 bridgehead atoms. The minimum atomic E-state index is -0.816. The molecule has 1 aromatic rings. The number of hydrogen-bond donors (Lipinski definition) is 1. The van der Waals surface area contributed by atoms with Gasteiger partial charge in [0.05, 0.1) is 5.92 Å². The van der Waals surface area contributed by atoms with Crippen LogP contribution in [0.2, 0.25) is 0 Å². The maximum Gasteiger partial charge on any atom is 0.308 e. The summed E-state index contributed by atoms with van der Waals surface area (Å²) < 4.78 is 11.0. The Morgan fingerprint density at radius 2 is 1.52 bits per heavy atom. The van der Waals surface area contributed by atoms with Gasteiger partial charge in [0.15, 0.2) is 0 Å². The molecule has 1 unspecified atom stereocenters. The number of unbranched alkanes of at least 4 members (excludes halogenated alkanes) is 2. The summed E-state index contributed by atoms with van der Waals surface area (Å²) in [5.41, 5.74) is 1.57. The molecular formula is C25H38O6. The van der Waals surface area contributed by atoms with Crippen molar-refractivity contribution in [3.63, 3.8) is 0 Å². The van der Waals surface area contributed by atoms with Crippen LogP contribution in [0, 0.1) is 5.92 Å². The molecule has 0 saturated heterocycles. The van der Waals surface area contributed by atoms with Gasteiger partial charge in [-0.3, -0.25) is 14.4 Å². The second kappa shape index (κ2) is 13.8. The minimum absolute atomic E-state index is 0.136. The van der Waals surface area contributed by atoms with Crippen molar-refractivity contribution in [3.05, 3.63) is 23.3 Å². The van der Waals surface area contributed by atoms with Crippen LogP contribution < -0.4 is 9.47 Å². The Bertz CT molecular complexity index is 703. The Balaban J connectivity index is 0.00000151. The number of hydrogen-bond acceptors (Lipinski definition) is 5. The SMILES string of the molecule is CCC.CCCCCc1cc(OC(C)=O)c([C@H]2CCCC(C(=O)O)C2)c(OC(C)=O)c1. The van der Waals surface area contributed by atoms with Gasteiger partial charge in [-0.2, -0.15) is 0 Å². The summed E-state index contributed by atoms with van der Waals surface area (Å²) in [6, 6.07) is 3.67. The van der Waals surface area contributed by atoms with Crippen LogP contribution in [-0.2, 0) is 20.8 Å². The van der Waals surface area contributed by atoms with Gasteiger partial charge in [-0.05, 0) is 55.7 Å². The van der Waals surface area contributed by atoms with Crippen LogP contribution in [0.1, 0.15) is 103 Å². The first-order valence-corrected chi connectivity index (χ1v) is 11.5. The van der Waals surface area contributed by atoms with E-state index in [0.717, 1.165) is 44.1 Å². The van der Waals surface area contributed by atoms with E-state index in [-0.39, 0.29) is 5.92 Å². The summed E-state index contributed by atoms with van der Waals surface area (Å²) in [6.45, 7) is 9.04. The number of rotatable bonds is 8. The number of aliphatic carboxylic acids is 1. The van der Waals surface area contributed by atoms with Gasteiger partial charge >= 0.3 is 17.9 Å². The zero-order valence-corrected chi connectivity index (χ0v) is 19.7. The summed E-state index contributed by atoms with van der Waals surface area (Å²) in [6.07, 6.45) is 7.79. The van der Waals surface area contributed by atoms with E-state index < -0.39 is 23.8 Å². The lowest BCUT2D eigenvalue weighted by Gasteiger charge is -2.29. The molecule has 174 valence electrons. The van der Waals surface area contributed by atoms with E-state index in [9.17, 15) is 19.5 Å². The number of carbonyl (C=O) groups is 3. The molecule has 1 aliphatic carbocycles. The first kappa shape index (κ1) is 26.7. The number of carbonyl (C=O) groups excluding carboxylic acids is 2. The second-order valence-electron chi connectivity index (χ2n) is 8.26. The van der Waals surface area contributed by atoms with Gasteiger partial charge < -0.3 is 14.6 Å². The van der Waals surface area contributed by atoms with Crippen molar-refractivity contribution < 1.29 is 29.0 Å². The highest BCUT2D eigenvalue weighted by atomic mass is 16.5. The highest BCUT2D eigenvalue weighted by molar-refractivity contribution is 5.74. The van der Waals surface area contributed by atoms with Crippen molar-refractivity contribution in [3.8, 4) is 11.5 Å². The number of ether oxygens (including phenoxy) is 2. The van der Waals surface area contributed by atoms with Crippen LogP contribution in [0.4, 0.5) is 0 Å². The maximum absolute atomic E-state index is 11.7. The third-order valence-corrected chi connectivity index (χ3v) is 5.17. The lowest BCUT2D eigenvalue weighted by Crippen LogP contribution is -2.23. The second-order valence-corrected chi connectivity index (χ2v) is 8.26. The van der Waals surface area contributed by atoms with E-state index in [1.807, 2.05) is 12.1 Å². The van der Waals surface area contributed by atoms with E-state index in [1.165, 1.54) is 20.3 Å². The topological polar surface area (TPSA) is 89.9 Å². The minimum Gasteiger partial charge on any atom is -0.481 e. The third-order valence-electron chi connectivity index (χ3n) is 5.17. The van der Waals surface area contributed by atoms with Crippen molar-refractivity contribution in [2.45, 2.75) is 98.3 Å². The molecule has 6 nitrogen and oxygen atoms in total. The van der Waals surface area contributed by atoms with Crippen molar-refractivity contribution in [1.29, 1.82) is 0 Å². The summed E-state index contributed by atoms with van der Waals surface area (Å²) in [4.78, 5) is 34.9. The van der Waals surface area contributed by atoms with Gasteiger partial charge in [-0.25, -0.2) is 0 Å². The van der Waals surface area contributed by atoms with E-state index in [4.69, 9.17) is 9.47 Å². The Hall–Kier alpha value is -2.37. The first-order valence-electron chi connectivity index (χ1n) is 11.5. The smallest absolute Gasteiger partial charge is 0.308 e. The van der Waals surface area contributed by atoms with Gasteiger partial charge in [0.1, 0.15) is 11.5 Å². The van der Waals surface area contributed by atoms with Gasteiger partial charge in [-0.15, -0.1) is 0 Å². The Kier molecular flexibility index (Phi) is 11.9. The molecule has 1 aliphatic rings. The summed E-state index contributed by atoms with van der Waals surface area (Å²) in [5, 5.41) is 9.43. The van der Waals surface area contributed by atoms with Crippen LogP contribution >= 0.6 is 0 Å². The van der Waals surface area contributed by atoms with Gasteiger partial charge in [0.25, 0.3) is 0 Å².